The van der Waals surface area contributed by atoms with Crippen LogP contribution in [0.4, 0.5) is 0 Å². The molecule has 0 heterocycles. The molecule has 0 saturated heterocycles. The molecule has 0 aliphatic carbocycles. The molecule has 0 fully saturated rings. The predicted octanol–water partition coefficient (Wildman–Crippen LogP) is -3.20. The summed E-state index contributed by atoms with van der Waals surface area (Å²) in [4.78, 5) is 18.4. The van der Waals surface area contributed by atoms with Gasteiger partial charge in [0.2, 0.25) is 0 Å². The van der Waals surface area contributed by atoms with E-state index < -0.39 is 43.6 Å². The van der Waals surface area contributed by atoms with Crippen molar-refractivity contribution in [1.82, 2.24) is 0 Å². The number of hydrogen-bond donors (Lipinski definition) is 5. The number of aliphatic hydroxyl groups is 5. The molecule has 0 saturated carbocycles. The van der Waals surface area contributed by atoms with Gasteiger partial charge in [-0.3, -0.25) is 4.79 Å². The molecule has 0 aliphatic rings. The average Bonchev–Trinajstić information content (AvgIpc) is 2.35. The van der Waals surface area contributed by atoms with E-state index in [0.717, 1.165) is 6.92 Å². The van der Waals surface area contributed by atoms with Crippen LogP contribution in [-0.2, 0) is 14.3 Å². The van der Waals surface area contributed by atoms with Gasteiger partial charge in [0, 0.05) is 6.92 Å². The van der Waals surface area contributed by atoms with Crippen LogP contribution in [0.15, 0.2) is 0 Å². The monoisotopic (exact) mass is 254 g/mol. The topological polar surface area (TPSA) is 145 Å². The molecular weight excluding hydrogens is 236 g/mol. The maximum absolute atomic E-state index is 10.4. The SMILES string of the molecule is C=O.CC(=O)OCC(O)C(O)C(O)C(O)CO. The lowest BCUT2D eigenvalue weighted by atomic mass is 10.0. The molecule has 0 spiro atoms. The van der Waals surface area contributed by atoms with E-state index in [1.807, 2.05) is 6.79 Å². The first kappa shape index (κ1) is 18.3. The van der Waals surface area contributed by atoms with Crippen LogP contribution >= 0.6 is 0 Å². The number of rotatable bonds is 6. The van der Waals surface area contributed by atoms with Gasteiger partial charge in [-0.05, 0) is 0 Å². The first-order valence-corrected chi connectivity index (χ1v) is 4.65. The summed E-state index contributed by atoms with van der Waals surface area (Å²) in [6, 6.07) is 0. The lowest BCUT2D eigenvalue weighted by Crippen LogP contribution is -2.47. The van der Waals surface area contributed by atoms with Gasteiger partial charge in [0.1, 0.15) is 37.8 Å². The van der Waals surface area contributed by atoms with Crippen LogP contribution < -0.4 is 0 Å². The Bertz CT molecular complexity index is 209. The van der Waals surface area contributed by atoms with E-state index in [1.54, 1.807) is 0 Å². The lowest BCUT2D eigenvalue weighted by Gasteiger charge is -2.25. The third-order valence-corrected chi connectivity index (χ3v) is 1.78. The zero-order chi connectivity index (χ0) is 14.0. The van der Waals surface area contributed by atoms with Crippen molar-refractivity contribution in [2.75, 3.05) is 13.2 Å². The molecule has 0 radical (unpaired) electrons. The van der Waals surface area contributed by atoms with Crippen molar-refractivity contribution in [2.24, 2.45) is 0 Å². The van der Waals surface area contributed by atoms with E-state index in [-0.39, 0.29) is 0 Å². The molecule has 5 N–H and O–H groups in total. The third-order valence-electron chi connectivity index (χ3n) is 1.78. The molecule has 0 bridgehead atoms. The molecule has 0 aliphatic heterocycles. The molecule has 0 aromatic heterocycles. The van der Waals surface area contributed by atoms with Gasteiger partial charge in [0.05, 0.1) is 6.61 Å². The molecule has 102 valence electrons. The summed E-state index contributed by atoms with van der Waals surface area (Å²) in [5.74, 6) is -0.640. The number of ether oxygens (including phenoxy) is 1. The van der Waals surface area contributed by atoms with E-state index in [2.05, 4.69) is 4.74 Å². The number of carbonyl (C=O) groups excluding carboxylic acids is 2. The first-order valence-electron chi connectivity index (χ1n) is 4.65. The van der Waals surface area contributed by atoms with Crippen molar-refractivity contribution in [2.45, 2.75) is 31.3 Å². The second-order valence-electron chi connectivity index (χ2n) is 3.10. The quantitative estimate of drug-likeness (QED) is 0.312. The maximum atomic E-state index is 10.4. The van der Waals surface area contributed by atoms with Crippen molar-refractivity contribution in [1.29, 1.82) is 0 Å². The highest BCUT2D eigenvalue weighted by atomic mass is 16.5. The number of aliphatic hydroxyl groups excluding tert-OH is 5. The third kappa shape index (κ3) is 7.77. The highest BCUT2D eigenvalue weighted by molar-refractivity contribution is 5.65. The predicted molar refractivity (Wildman–Crippen MR) is 54.9 cm³/mol. The van der Waals surface area contributed by atoms with Gasteiger partial charge >= 0.3 is 5.97 Å². The Labute approximate surface area is 98.1 Å². The van der Waals surface area contributed by atoms with E-state index in [9.17, 15) is 15.0 Å². The molecule has 8 nitrogen and oxygen atoms in total. The second-order valence-corrected chi connectivity index (χ2v) is 3.10. The minimum absolute atomic E-state index is 0.494. The Morgan fingerprint density at radius 3 is 1.88 bits per heavy atom. The molecule has 8 heteroatoms. The van der Waals surface area contributed by atoms with E-state index in [4.69, 9.17) is 20.1 Å². The first-order chi connectivity index (χ1) is 7.90. The van der Waals surface area contributed by atoms with E-state index in [1.165, 1.54) is 0 Å². The molecule has 0 amide bonds. The minimum atomic E-state index is -1.71. The Morgan fingerprint density at radius 1 is 1.12 bits per heavy atom. The van der Waals surface area contributed by atoms with Gasteiger partial charge in [-0.1, -0.05) is 0 Å². The van der Waals surface area contributed by atoms with Crippen molar-refractivity contribution >= 4 is 12.8 Å². The molecule has 0 aromatic carbocycles. The smallest absolute Gasteiger partial charge is 0.302 e. The lowest BCUT2D eigenvalue weighted by molar-refractivity contribution is -0.154. The second kappa shape index (κ2) is 10.1. The van der Waals surface area contributed by atoms with Crippen LogP contribution in [0.3, 0.4) is 0 Å². The van der Waals surface area contributed by atoms with Crippen molar-refractivity contribution in [3.63, 3.8) is 0 Å². The summed E-state index contributed by atoms with van der Waals surface area (Å²) in [7, 11) is 0. The summed E-state index contributed by atoms with van der Waals surface area (Å²) in [6.07, 6.45) is -6.50. The van der Waals surface area contributed by atoms with Gasteiger partial charge in [0.15, 0.2) is 0 Å². The summed E-state index contributed by atoms with van der Waals surface area (Å²) in [5.41, 5.74) is 0. The molecule has 4 atom stereocenters. The molecule has 17 heavy (non-hydrogen) atoms. The van der Waals surface area contributed by atoms with Crippen LogP contribution in [0.2, 0.25) is 0 Å². The largest absolute Gasteiger partial charge is 0.463 e. The number of hydrogen-bond acceptors (Lipinski definition) is 8. The Kier molecular flexibility index (Phi) is 10.9. The fourth-order valence-electron chi connectivity index (χ4n) is 0.865. The van der Waals surface area contributed by atoms with E-state index >= 15 is 0 Å². The van der Waals surface area contributed by atoms with Crippen LogP contribution in [0, 0.1) is 0 Å². The van der Waals surface area contributed by atoms with Gasteiger partial charge in [0.25, 0.3) is 0 Å². The van der Waals surface area contributed by atoms with Crippen LogP contribution in [0.25, 0.3) is 0 Å². The summed E-state index contributed by atoms with van der Waals surface area (Å²) >= 11 is 0. The number of carbonyl (C=O) groups is 2. The highest BCUT2D eigenvalue weighted by Crippen LogP contribution is 2.05. The summed E-state index contributed by atoms with van der Waals surface area (Å²) < 4.78 is 4.38. The zero-order valence-corrected chi connectivity index (χ0v) is 9.39. The van der Waals surface area contributed by atoms with Crippen molar-refractivity contribution < 1.29 is 39.9 Å². The van der Waals surface area contributed by atoms with Crippen LogP contribution in [-0.4, -0.2) is 75.9 Å². The Morgan fingerprint density at radius 2 is 1.53 bits per heavy atom. The molecule has 0 aromatic rings. The van der Waals surface area contributed by atoms with Crippen molar-refractivity contribution in [3.05, 3.63) is 0 Å². The fourth-order valence-corrected chi connectivity index (χ4v) is 0.865. The van der Waals surface area contributed by atoms with Crippen molar-refractivity contribution in [3.8, 4) is 0 Å². The van der Waals surface area contributed by atoms with Gasteiger partial charge in [-0.25, -0.2) is 0 Å². The Balaban J connectivity index is 0. The summed E-state index contributed by atoms with van der Waals surface area (Å²) in [5, 5.41) is 45.0. The normalized spacial score (nSPS) is 17.1. The summed E-state index contributed by atoms with van der Waals surface area (Å²) in [6.45, 7) is 1.88. The zero-order valence-electron chi connectivity index (χ0n) is 9.39. The van der Waals surface area contributed by atoms with Gasteiger partial charge in [-0.15, -0.1) is 0 Å². The average molecular weight is 254 g/mol. The minimum Gasteiger partial charge on any atom is -0.463 e. The fraction of sp³-hybridized carbons (Fsp3) is 0.778. The van der Waals surface area contributed by atoms with Crippen LogP contribution in [0.5, 0.6) is 0 Å². The maximum Gasteiger partial charge on any atom is 0.302 e. The van der Waals surface area contributed by atoms with E-state index in [0.29, 0.717) is 0 Å². The highest BCUT2D eigenvalue weighted by Gasteiger charge is 2.30. The van der Waals surface area contributed by atoms with Crippen LogP contribution in [0.1, 0.15) is 6.92 Å². The van der Waals surface area contributed by atoms with Gasteiger partial charge < -0.3 is 35.1 Å². The number of esters is 1. The molecular formula is C9H18O8. The molecule has 4 unspecified atom stereocenters. The molecule has 0 rings (SSSR count). The van der Waals surface area contributed by atoms with Gasteiger partial charge in [-0.2, -0.15) is 0 Å². The Hall–Kier alpha value is -1.06. The standard InChI is InChI=1S/C8H16O7.CH2O/c1-4(10)15-3-6(12)8(14)7(13)5(11)2-9;1-2/h5-9,11-14H,2-3H2,1H3;1H2.